The summed E-state index contributed by atoms with van der Waals surface area (Å²) in [6, 6.07) is 5.82. The van der Waals surface area contributed by atoms with Gasteiger partial charge in [0.05, 0.1) is 5.69 Å². The molecule has 2 rings (SSSR count). The topological polar surface area (TPSA) is 72.3 Å². The van der Waals surface area contributed by atoms with Gasteiger partial charge in [-0.2, -0.15) is 0 Å². The number of hydrogen-bond acceptors (Lipinski definition) is 3. The standard InChI is InChI=1S/C11H16N2O/c12-9-3-1-7(5-9)8-2-4-10(13)11(14)6-8/h2,4,6-7,9,14H,1,3,5,12-13H2. The molecule has 0 bridgehead atoms. The molecule has 0 saturated heterocycles. The van der Waals surface area contributed by atoms with E-state index >= 15 is 0 Å². The van der Waals surface area contributed by atoms with Gasteiger partial charge in [-0.1, -0.05) is 6.07 Å². The molecule has 1 aliphatic rings. The Hall–Kier alpha value is -1.22. The van der Waals surface area contributed by atoms with Gasteiger partial charge < -0.3 is 16.6 Å². The van der Waals surface area contributed by atoms with Crippen molar-refractivity contribution in [2.45, 2.75) is 31.2 Å². The Labute approximate surface area is 83.7 Å². The van der Waals surface area contributed by atoms with Crippen LogP contribution >= 0.6 is 0 Å². The number of nitrogen functional groups attached to an aromatic ring is 1. The number of nitrogens with two attached hydrogens (primary N) is 2. The van der Waals surface area contributed by atoms with E-state index in [1.54, 1.807) is 12.1 Å². The van der Waals surface area contributed by atoms with Crippen LogP contribution in [0.25, 0.3) is 0 Å². The quantitative estimate of drug-likeness (QED) is 0.467. The van der Waals surface area contributed by atoms with Gasteiger partial charge in [0.1, 0.15) is 5.75 Å². The first-order chi connectivity index (χ1) is 6.66. The molecule has 0 spiro atoms. The first kappa shape index (κ1) is 9.34. The van der Waals surface area contributed by atoms with Crippen molar-refractivity contribution in [3.05, 3.63) is 23.8 Å². The van der Waals surface area contributed by atoms with Crippen molar-refractivity contribution in [1.82, 2.24) is 0 Å². The zero-order valence-corrected chi connectivity index (χ0v) is 8.11. The summed E-state index contributed by atoms with van der Waals surface area (Å²) in [5, 5.41) is 9.47. The van der Waals surface area contributed by atoms with Gasteiger partial charge in [-0.05, 0) is 42.9 Å². The molecule has 0 aliphatic heterocycles. The lowest BCUT2D eigenvalue weighted by Gasteiger charge is -2.10. The minimum Gasteiger partial charge on any atom is -0.506 e. The van der Waals surface area contributed by atoms with E-state index in [2.05, 4.69) is 0 Å². The minimum atomic E-state index is 0.183. The third kappa shape index (κ3) is 1.68. The average molecular weight is 192 g/mol. The summed E-state index contributed by atoms with van der Waals surface area (Å²) in [6.45, 7) is 0. The molecule has 1 aliphatic carbocycles. The number of aromatic hydroxyl groups is 1. The second kappa shape index (κ2) is 3.50. The monoisotopic (exact) mass is 192 g/mol. The molecular weight excluding hydrogens is 176 g/mol. The van der Waals surface area contributed by atoms with E-state index in [9.17, 15) is 5.11 Å². The van der Waals surface area contributed by atoms with Crippen molar-refractivity contribution in [2.75, 3.05) is 5.73 Å². The Morgan fingerprint density at radius 2 is 2.07 bits per heavy atom. The summed E-state index contributed by atoms with van der Waals surface area (Å²) < 4.78 is 0. The van der Waals surface area contributed by atoms with E-state index in [1.165, 1.54) is 0 Å². The van der Waals surface area contributed by atoms with Crippen LogP contribution in [0.1, 0.15) is 30.7 Å². The van der Waals surface area contributed by atoms with E-state index in [-0.39, 0.29) is 5.75 Å². The maximum absolute atomic E-state index is 9.47. The Kier molecular flexibility index (Phi) is 2.33. The molecule has 3 nitrogen and oxygen atoms in total. The number of phenols is 1. The van der Waals surface area contributed by atoms with Crippen LogP contribution < -0.4 is 11.5 Å². The molecule has 0 aromatic heterocycles. The van der Waals surface area contributed by atoms with Crippen molar-refractivity contribution in [3.8, 4) is 5.75 Å². The molecule has 2 unspecified atom stereocenters. The number of rotatable bonds is 1. The number of hydrogen-bond donors (Lipinski definition) is 3. The number of phenolic OH excluding ortho intramolecular Hbond substituents is 1. The van der Waals surface area contributed by atoms with Crippen LogP contribution in [0.2, 0.25) is 0 Å². The van der Waals surface area contributed by atoms with Crippen LogP contribution in [-0.2, 0) is 0 Å². The van der Waals surface area contributed by atoms with Gasteiger partial charge >= 0.3 is 0 Å². The third-order valence-electron chi connectivity index (χ3n) is 3.00. The van der Waals surface area contributed by atoms with Gasteiger partial charge in [-0.3, -0.25) is 0 Å². The van der Waals surface area contributed by atoms with Crippen molar-refractivity contribution in [1.29, 1.82) is 0 Å². The minimum absolute atomic E-state index is 0.183. The Balaban J connectivity index is 2.20. The molecule has 0 heterocycles. The summed E-state index contributed by atoms with van der Waals surface area (Å²) >= 11 is 0. The van der Waals surface area contributed by atoms with Crippen LogP contribution in [0.4, 0.5) is 5.69 Å². The van der Waals surface area contributed by atoms with Gasteiger partial charge in [-0.15, -0.1) is 0 Å². The summed E-state index contributed by atoms with van der Waals surface area (Å²) in [6.07, 6.45) is 3.21. The van der Waals surface area contributed by atoms with Crippen molar-refractivity contribution in [2.24, 2.45) is 5.73 Å². The molecule has 0 radical (unpaired) electrons. The molecule has 0 amide bonds. The van der Waals surface area contributed by atoms with E-state index in [1.807, 2.05) is 6.07 Å². The SMILES string of the molecule is Nc1ccc(C2CCC(N)C2)cc1O. The fraction of sp³-hybridized carbons (Fsp3) is 0.455. The summed E-state index contributed by atoms with van der Waals surface area (Å²) in [5.41, 5.74) is 13.0. The highest BCUT2D eigenvalue weighted by Gasteiger charge is 2.23. The molecule has 1 aromatic rings. The summed E-state index contributed by atoms with van der Waals surface area (Å²) in [7, 11) is 0. The fourth-order valence-corrected chi connectivity index (χ4v) is 2.13. The highest BCUT2D eigenvalue weighted by molar-refractivity contribution is 5.53. The molecule has 1 saturated carbocycles. The zero-order valence-electron chi connectivity index (χ0n) is 8.11. The second-order valence-corrected chi connectivity index (χ2v) is 4.09. The van der Waals surface area contributed by atoms with Gasteiger partial charge in [0.2, 0.25) is 0 Å². The molecule has 1 aromatic carbocycles. The van der Waals surface area contributed by atoms with E-state index < -0.39 is 0 Å². The Bertz CT molecular complexity index is 338. The van der Waals surface area contributed by atoms with Crippen LogP contribution in [0.3, 0.4) is 0 Å². The fourth-order valence-electron chi connectivity index (χ4n) is 2.13. The predicted molar refractivity (Wildman–Crippen MR) is 57.1 cm³/mol. The van der Waals surface area contributed by atoms with E-state index in [0.717, 1.165) is 24.8 Å². The first-order valence-corrected chi connectivity index (χ1v) is 5.01. The Morgan fingerprint density at radius 1 is 1.29 bits per heavy atom. The molecule has 2 atom stereocenters. The van der Waals surface area contributed by atoms with Crippen LogP contribution in [0.15, 0.2) is 18.2 Å². The molecule has 1 fully saturated rings. The number of benzene rings is 1. The van der Waals surface area contributed by atoms with Gasteiger partial charge in [-0.25, -0.2) is 0 Å². The maximum atomic E-state index is 9.47. The van der Waals surface area contributed by atoms with Gasteiger partial charge in [0.15, 0.2) is 0 Å². The van der Waals surface area contributed by atoms with Crippen LogP contribution in [0.5, 0.6) is 5.75 Å². The highest BCUT2D eigenvalue weighted by atomic mass is 16.3. The third-order valence-corrected chi connectivity index (χ3v) is 3.00. The summed E-state index contributed by atoms with van der Waals surface area (Å²) in [5.74, 6) is 0.680. The van der Waals surface area contributed by atoms with Gasteiger partial charge in [0.25, 0.3) is 0 Å². The number of anilines is 1. The molecule has 3 heteroatoms. The maximum Gasteiger partial charge on any atom is 0.138 e. The van der Waals surface area contributed by atoms with E-state index in [0.29, 0.717) is 17.6 Å². The Morgan fingerprint density at radius 3 is 2.64 bits per heavy atom. The molecular formula is C11H16N2O. The predicted octanol–water partition coefficient (Wildman–Crippen LogP) is 1.57. The molecule has 14 heavy (non-hydrogen) atoms. The average Bonchev–Trinajstić information content (AvgIpc) is 2.57. The van der Waals surface area contributed by atoms with Crippen LogP contribution in [0, 0.1) is 0 Å². The van der Waals surface area contributed by atoms with Crippen molar-refractivity contribution in [3.63, 3.8) is 0 Å². The molecule has 76 valence electrons. The van der Waals surface area contributed by atoms with Gasteiger partial charge in [0, 0.05) is 6.04 Å². The van der Waals surface area contributed by atoms with Crippen molar-refractivity contribution < 1.29 is 5.11 Å². The summed E-state index contributed by atoms with van der Waals surface area (Å²) in [4.78, 5) is 0. The highest BCUT2D eigenvalue weighted by Crippen LogP contribution is 2.35. The van der Waals surface area contributed by atoms with E-state index in [4.69, 9.17) is 11.5 Å². The van der Waals surface area contributed by atoms with Crippen molar-refractivity contribution >= 4 is 5.69 Å². The lowest BCUT2D eigenvalue weighted by atomic mass is 9.97. The largest absolute Gasteiger partial charge is 0.506 e. The lowest BCUT2D eigenvalue weighted by Crippen LogP contribution is -2.14. The van der Waals surface area contributed by atoms with Crippen LogP contribution in [-0.4, -0.2) is 11.1 Å². The lowest BCUT2D eigenvalue weighted by molar-refractivity contribution is 0.476. The molecule has 5 N–H and O–H groups in total. The normalized spacial score (nSPS) is 26.6. The zero-order chi connectivity index (χ0) is 10.1. The smallest absolute Gasteiger partial charge is 0.138 e. The first-order valence-electron chi connectivity index (χ1n) is 5.01. The second-order valence-electron chi connectivity index (χ2n) is 4.09.